The maximum Gasteiger partial charge on any atom is 0.0674 e. The summed E-state index contributed by atoms with van der Waals surface area (Å²) in [7, 11) is 0. The van der Waals surface area contributed by atoms with Gasteiger partial charge in [-0.1, -0.05) is 35.3 Å². The van der Waals surface area contributed by atoms with Crippen LogP contribution in [0.15, 0.2) is 18.2 Å². The first-order valence-corrected chi connectivity index (χ1v) is 7.38. The predicted molar refractivity (Wildman–Crippen MR) is 79.9 cm³/mol. The molecular formula is C14H20Cl2N2O. The van der Waals surface area contributed by atoms with Crippen molar-refractivity contribution >= 4 is 23.2 Å². The second kappa shape index (κ2) is 6.91. The third-order valence-electron chi connectivity index (χ3n) is 3.49. The van der Waals surface area contributed by atoms with Gasteiger partial charge in [0.1, 0.15) is 0 Å². The highest BCUT2D eigenvalue weighted by molar-refractivity contribution is 6.42. The minimum atomic E-state index is 0.0929. The van der Waals surface area contributed by atoms with Crippen molar-refractivity contribution in [3.63, 3.8) is 0 Å². The van der Waals surface area contributed by atoms with E-state index in [0.29, 0.717) is 16.6 Å². The normalized spacial score (nSPS) is 23.1. The van der Waals surface area contributed by atoms with E-state index in [-0.39, 0.29) is 12.1 Å². The third kappa shape index (κ3) is 3.61. The summed E-state index contributed by atoms with van der Waals surface area (Å²) in [5, 5.41) is 1.19. The molecule has 3 nitrogen and oxygen atoms in total. The van der Waals surface area contributed by atoms with Gasteiger partial charge in [-0.05, 0) is 25.0 Å². The summed E-state index contributed by atoms with van der Waals surface area (Å²) in [6.45, 7) is 5.25. The van der Waals surface area contributed by atoms with Gasteiger partial charge in [-0.2, -0.15) is 0 Å². The van der Waals surface area contributed by atoms with Crippen LogP contribution < -0.4 is 5.73 Å². The van der Waals surface area contributed by atoms with Crippen molar-refractivity contribution in [3.05, 3.63) is 33.8 Å². The molecule has 19 heavy (non-hydrogen) atoms. The van der Waals surface area contributed by atoms with Crippen molar-refractivity contribution in [2.45, 2.75) is 25.5 Å². The van der Waals surface area contributed by atoms with Gasteiger partial charge in [0.15, 0.2) is 0 Å². The average Bonchev–Trinajstić information content (AvgIpc) is 2.60. The summed E-state index contributed by atoms with van der Waals surface area (Å²) >= 11 is 12.4. The van der Waals surface area contributed by atoms with Crippen LogP contribution in [-0.2, 0) is 4.74 Å². The quantitative estimate of drug-likeness (QED) is 0.932. The molecule has 0 bridgehead atoms. The van der Waals surface area contributed by atoms with E-state index in [4.69, 9.17) is 33.7 Å². The van der Waals surface area contributed by atoms with E-state index < -0.39 is 0 Å². The molecule has 2 N–H and O–H groups in total. The highest BCUT2D eigenvalue weighted by Gasteiger charge is 2.25. The number of nitrogens with zero attached hydrogens (tertiary/aromatic N) is 1. The fourth-order valence-electron chi connectivity index (χ4n) is 2.56. The van der Waals surface area contributed by atoms with E-state index in [1.165, 1.54) is 0 Å². The second-order valence-electron chi connectivity index (χ2n) is 4.92. The number of hydrogen-bond donors (Lipinski definition) is 1. The van der Waals surface area contributed by atoms with Crippen LogP contribution in [0.4, 0.5) is 0 Å². The zero-order valence-electron chi connectivity index (χ0n) is 11.1. The van der Waals surface area contributed by atoms with Gasteiger partial charge in [0, 0.05) is 32.3 Å². The molecule has 0 aromatic heterocycles. The third-order valence-corrected chi connectivity index (χ3v) is 4.32. The van der Waals surface area contributed by atoms with Gasteiger partial charge in [0.2, 0.25) is 0 Å². The zero-order valence-corrected chi connectivity index (χ0v) is 12.6. The van der Waals surface area contributed by atoms with E-state index in [2.05, 4.69) is 11.8 Å². The molecular weight excluding hydrogens is 283 g/mol. The first kappa shape index (κ1) is 15.1. The Balaban J connectivity index is 2.25. The molecule has 2 unspecified atom stereocenters. The number of benzene rings is 1. The molecule has 0 spiro atoms. The molecule has 0 saturated carbocycles. The fourth-order valence-corrected chi connectivity index (χ4v) is 2.99. The zero-order chi connectivity index (χ0) is 13.8. The summed E-state index contributed by atoms with van der Waals surface area (Å²) in [5.74, 6) is 0. The Morgan fingerprint density at radius 1 is 1.47 bits per heavy atom. The first-order valence-electron chi connectivity index (χ1n) is 6.63. The molecule has 1 saturated heterocycles. The Morgan fingerprint density at radius 2 is 2.26 bits per heavy atom. The van der Waals surface area contributed by atoms with Crippen LogP contribution in [-0.4, -0.2) is 37.2 Å². The van der Waals surface area contributed by atoms with Crippen molar-refractivity contribution in [3.8, 4) is 0 Å². The van der Waals surface area contributed by atoms with Gasteiger partial charge in [0.25, 0.3) is 0 Å². The number of halogens is 2. The van der Waals surface area contributed by atoms with E-state index in [1.54, 1.807) is 6.07 Å². The van der Waals surface area contributed by atoms with E-state index in [1.807, 2.05) is 12.1 Å². The average molecular weight is 303 g/mol. The molecule has 0 radical (unpaired) electrons. The van der Waals surface area contributed by atoms with Crippen molar-refractivity contribution in [1.29, 1.82) is 0 Å². The second-order valence-corrected chi connectivity index (χ2v) is 5.71. The van der Waals surface area contributed by atoms with Crippen LogP contribution in [0.1, 0.15) is 24.9 Å². The van der Waals surface area contributed by atoms with Crippen molar-refractivity contribution in [2.75, 3.05) is 26.2 Å². The lowest BCUT2D eigenvalue weighted by Crippen LogP contribution is -2.37. The molecule has 1 aliphatic heterocycles. The van der Waals surface area contributed by atoms with Crippen LogP contribution in [0.5, 0.6) is 0 Å². The van der Waals surface area contributed by atoms with Gasteiger partial charge >= 0.3 is 0 Å². The van der Waals surface area contributed by atoms with Crippen LogP contribution in [0.2, 0.25) is 10.0 Å². The molecule has 106 valence electrons. The highest BCUT2D eigenvalue weighted by Crippen LogP contribution is 2.33. The lowest BCUT2D eigenvalue weighted by atomic mass is 10.0. The Kier molecular flexibility index (Phi) is 5.48. The molecule has 5 heteroatoms. The van der Waals surface area contributed by atoms with Crippen LogP contribution in [0.25, 0.3) is 0 Å². The number of ether oxygens (including phenoxy) is 1. The number of rotatable bonds is 3. The Bertz CT molecular complexity index is 428. The predicted octanol–water partition coefficient (Wildman–Crippen LogP) is 3.10. The molecule has 0 aliphatic carbocycles. The molecule has 1 aromatic carbocycles. The summed E-state index contributed by atoms with van der Waals surface area (Å²) < 4.78 is 5.68. The molecule has 2 atom stereocenters. The van der Waals surface area contributed by atoms with E-state index in [9.17, 15) is 0 Å². The van der Waals surface area contributed by atoms with Gasteiger partial charge in [-0.3, -0.25) is 4.90 Å². The van der Waals surface area contributed by atoms with E-state index in [0.717, 1.165) is 31.7 Å². The van der Waals surface area contributed by atoms with Crippen LogP contribution in [0.3, 0.4) is 0 Å². The van der Waals surface area contributed by atoms with Gasteiger partial charge in [-0.15, -0.1) is 0 Å². The SMILES string of the molecule is CC1CN(C(CN)c2cccc(Cl)c2Cl)CCCO1. The summed E-state index contributed by atoms with van der Waals surface area (Å²) in [6.07, 6.45) is 1.23. The monoisotopic (exact) mass is 302 g/mol. The lowest BCUT2D eigenvalue weighted by Gasteiger charge is -2.31. The van der Waals surface area contributed by atoms with Crippen LogP contribution >= 0.6 is 23.2 Å². The molecule has 0 amide bonds. The highest BCUT2D eigenvalue weighted by atomic mass is 35.5. The summed E-state index contributed by atoms with van der Waals surface area (Å²) in [5.41, 5.74) is 6.97. The van der Waals surface area contributed by atoms with Crippen molar-refractivity contribution in [1.82, 2.24) is 4.90 Å². The largest absolute Gasteiger partial charge is 0.377 e. The smallest absolute Gasteiger partial charge is 0.0674 e. The fraction of sp³-hybridized carbons (Fsp3) is 0.571. The summed E-state index contributed by atoms with van der Waals surface area (Å²) in [6, 6.07) is 5.82. The minimum Gasteiger partial charge on any atom is -0.377 e. The molecule has 1 fully saturated rings. The van der Waals surface area contributed by atoms with Gasteiger partial charge in [0.05, 0.1) is 16.1 Å². The maximum atomic E-state index is 6.32. The number of nitrogens with two attached hydrogens (primary N) is 1. The van der Waals surface area contributed by atoms with E-state index >= 15 is 0 Å². The van der Waals surface area contributed by atoms with Crippen molar-refractivity contribution < 1.29 is 4.74 Å². The molecule has 1 aliphatic rings. The van der Waals surface area contributed by atoms with Gasteiger partial charge in [-0.25, -0.2) is 0 Å². The van der Waals surface area contributed by atoms with Gasteiger partial charge < -0.3 is 10.5 Å². The molecule has 2 rings (SSSR count). The Morgan fingerprint density at radius 3 is 3.00 bits per heavy atom. The van der Waals surface area contributed by atoms with Crippen molar-refractivity contribution in [2.24, 2.45) is 5.73 Å². The molecule has 1 heterocycles. The van der Waals surface area contributed by atoms with Crippen LogP contribution in [0, 0.1) is 0 Å². The molecule has 1 aromatic rings. The minimum absolute atomic E-state index is 0.0929. The first-order chi connectivity index (χ1) is 9.13. The maximum absolute atomic E-state index is 6.32. The Hall–Kier alpha value is -0.320. The topological polar surface area (TPSA) is 38.5 Å². The number of hydrogen-bond acceptors (Lipinski definition) is 3. The lowest BCUT2D eigenvalue weighted by molar-refractivity contribution is 0.0612. The Labute approximate surface area is 124 Å². The standard InChI is InChI=1S/C14H20Cl2N2O/c1-10-9-18(6-3-7-19-10)13(8-17)11-4-2-5-12(15)14(11)16/h2,4-5,10,13H,3,6-9,17H2,1H3. The summed E-state index contributed by atoms with van der Waals surface area (Å²) in [4.78, 5) is 2.34.